The first-order chi connectivity index (χ1) is 13.7. The van der Waals surface area contributed by atoms with Gasteiger partial charge in [0, 0.05) is 46.3 Å². The minimum Gasteiger partial charge on any atom is -0.378 e. The lowest BCUT2D eigenvalue weighted by Gasteiger charge is -2.27. The number of ether oxygens (including phenoxy) is 1. The number of hydrogen-bond donors (Lipinski definition) is 1. The van der Waals surface area contributed by atoms with Gasteiger partial charge in [0.1, 0.15) is 5.82 Å². The van der Waals surface area contributed by atoms with Gasteiger partial charge in [0.2, 0.25) is 11.9 Å². The van der Waals surface area contributed by atoms with Gasteiger partial charge in [0.25, 0.3) is 10.0 Å². The smallest absolute Gasteiger partial charge is 0.260 e. The third-order valence-corrected chi connectivity index (χ3v) is 5.73. The van der Waals surface area contributed by atoms with Crippen molar-refractivity contribution in [3.8, 4) is 0 Å². The summed E-state index contributed by atoms with van der Waals surface area (Å²) >= 11 is 0. The van der Waals surface area contributed by atoms with Crippen molar-refractivity contribution >= 4 is 21.9 Å². The summed E-state index contributed by atoms with van der Waals surface area (Å²) in [5.74, 6) is 2.15. The van der Waals surface area contributed by atoms with Gasteiger partial charge >= 0.3 is 0 Å². The van der Waals surface area contributed by atoms with Crippen LogP contribution in [0.3, 0.4) is 0 Å². The van der Waals surface area contributed by atoms with Crippen LogP contribution in [0, 0.1) is 0 Å². The first-order valence-electron chi connectivity index (χ1n) is 9.45. The fraction of sp³-hybridized carbons (Fsp3) is 0.647. The summed E-state index contributed by atoms with van der Waals surface area (Å²) in [6.07, 6.45) is 1.51. The Balaban J connectivity index is 1.81. The number of anilines is 2. The second-order valence-corrected chi connectivity index (χ2v) is 9.09. The summed E-state index contributed by atoms with van der Waals surface area (Å²) < 4.78 is 35.1. The largest absolute Gasteiger partial charge is 0.378 e. The van der Waals surface area contributed by atoms with Crippen LogP contribution in [-0.2, 0) is 28.4 Å². The Hall–Kier alpha value is -2.31. The number of morpholine rings is 1. The lowest BCUT2D eigenvalue weighted by Crippen LogP contribution is -2.38. The van der Waals surface area contributed by atoms with E-state index in [1.165, 1.54) is 6.20 Å². The molecule has 0 unspecified atom stereocenters. The number of nitrogens with one attached hydrogen (secondary N) is 1. The third-order valence-electron chi connectivity index (χ3n) is 4.45. The lowest BCUT2D eigenvalue weighted by molar-refractivity contribution is 0.122. The zero-order chi connectivity index (χ0) is 21.2. The zero-order valence-electron chi connectivity index (χ0n) is 17.5. The Morgan fingerprint density at radius 1 is 1.17 bits per heavy atom. The Kier molecular flexibility index (Phi) is 6.34. The molecular formula is C17H28N8O3S. The van der Waals surface area contributed by atoms with E-state index in [9.17, 15) is 8.42 Å². The Morgan fingerprint density at radius 3 is 2.45 bits per heavy atom. The minimum absolute atomic E-state index is 0.0148. The highest BCUT2D eigenvalue weighted by Crippen LogP contribution is 2.17. The maximum Gasteiger partial charge on any atom is 0.260 e. The molecule has 160 valence electrons. The monoisotopic (exact) mass is 424 g/mol. The van der Waals surface area contributed by atoms with Crippen LogP contribution in [0.2, 0.25) is 0 Å². The normalized spacial score (nSPS) is 15.2. The van der Waals surface area contributed by atoms with Crippen LogP contribution in [0.25, 0.3) is 0 Å². The summed E-state index contributed by atoms with van der Waals surface area (Å²) in [7, 11) is 1.64. The molecule has 0 spiro atoms. The number of aromatic nitrogens is 5. The van der Waals surface area contributed by atoms with Crippen molar-refractivity contribution < 1.29 is 13.2 Å². The number of hydrogen-bond acceptors (Lipinski definition) is 9. The van der Waals surface area contributed by atoms with E-state index in [4.69, 9.17) is 4.74 Å². The second-order valence-electron chi connectivity index (χ2n) is 7.37. The average Bonchev–Trinajstić information content (AvgIpc) is 3.10. The van der Waals surface area contributed by atoms with Crippen molar-refractivity contribution in [2.45, 2.75) is 31.3 Å². The molecule has 29 heavy (non-hydrogen) atoms. The topological polar surface area (TPSA) is 118 Å². The van der Waals surface area contributed by atoms with E-state index in [1.807, 2.05) is 32.8 Å². The molecule has 1 aliphatic heterocycles. The molecule has 0 radical (unpaired) electrons. The molecule has 0 amide bonds. The van der Waals surface area contributed by atoms with Crippen LogP contribution in [0.1, 0.15) is 31.4 Å². The van der Waals surface area contributed by atoms with E-state index < -0.39 is 10.0 Å². The van der Waals surface area contributed by atoms with Crippen LogP contribution >= 0.6 is 0 Å². The molecule has 0 saturated carbocycles. The van der Waals surface area contributed by atoms with Gasteiger partial charge in [0.15, 0.2) is 10.9 Å². The summed E-state index contributed by atoms with van der Waals surface area (Å²) in [6, 6.07) is 0. The number of imidazole rings is 1. The van der Waals surface area contributed by atoms with Gasteiger partial charge in [-0.15, -0.1) is 0 Å². The highest BCUT2D eigenvalue weighted by Gasteiger charge is 2.22. The molecule has 0 aliphatic carbocycles. The molecule has 3 heterocycles. The van der Waals surface area contributed by atoms with Crippen LogP contribution in [0.15, 0.2) is 11.2 Å². The van der Waals surface area contributed by atoms with E-state index >= 15 is 0 Å². The minimum atomic E-state index is -3.79. The molecule has 0 atom stereocenters. The molecule has 1 N–H and O–H groups in total. The van der Waals surface area contributed by atoms with Crippen LogP contribution in [0.4, 0.5) is 11.9 Å². The highest BCUT2D eigenvalue weighted by molar-refractivity contribution is 7.89. The van der Waals surface area contributed by atoms with Gasteiger partial charge in [-0.2, -0.15) is 15.0 Å². The van der Waals surface area contributed by atoms with E-state index in [0.29, 0.717) is 49.8 Å². The van der Waals surface area contributed by atoms with Crippen LogP contribution < -0.4 is 14.5 Å². The quantitative estimate of drug-likeness (QED) is 0.660. The molecule has 0 aromatic carbocycles. The summed E-state index contributed by atoms with van der Waals surface area (Å²) in [5, 5.41) is -0.0148. The molecule has 0 bridgehead atoms. The molecule has 1 saturated heterocycles. The Bertz CT molecular complexity index is 952. The number of rotatable bonds is 7. The summed E-state index contributed by atoms with van der Waals surface area (Å²) in [5.41, 5.74) is 0. The molecular weight excluding hydrogens is 396 g/mol. The molecule has 1 fully saturated rings. The van der Waals surface area contributed by atoms with Gasteiger partial charge in [-0.1, -0.05) is 13.8 Å². The van der Waals surface area contributed by atoms with Gasteiger partial charge in [-0.3, -0.25) is 0 Å². The van der Waals surface area contributed by atoms with E-state index in [1.54, 1.807) is 16.5 Å². The van der Waals surface area contributed by atoms with Crippen molar-refractivity contribution in [1.82, 2.24) is 29.2 Å². The predicted octanol–water partition coefficient (Wildman–Crippen LogP) is 0.110. The fourth-order valence-electron chi connectivity index (χ4n) is 2.93. The van der Waals surface area contributed by atoms with Gasteiger partial charge in [-0.25, -0.2) is 18.1 Å². The van der Waals surface area contributed by atoms with Crippen LogP contribution in [-0.4, -0.2) is 73.3 Å². The molecule has 1 aliphatic rings. The van der Waals surface area contributed by atoms with Crippen molar-refractivity contribution in [3.05, 3.63) is 17.8 Å². The number of sulfonamides is 1. The molecule has 2 aromatic rings. The van der Waals surface area contributed by atoms with E-state index in [2.05, 4.69) is 24.7 Å². The first-order valence-corrected chi connectivity index (χ1v) is 10.9. The number of aryl methyl sites for hydroxylation is 1. The molecule has 11 nitrogen and oxygen atoms in total. The second kappa shape index (κ2) is 8.59. The number of nitrogens with zero attached hydrogens (tertiary/aromatic N) is 7. The van der Waals surface area contributed by atoms with E-state index in [0.717, 1.165) is 0 Å². The fourth-order valence-corrected chi connectivity index (χ4v) is 3.91. The van der Waals surface area contributed by atoms with Gasteiger partial charge < -0.3 is 19.1 Å². The first kappa shape index (κ1) is 21.4. The SMILES string of the molecule is CC(C)c1nc(S(=O)(=O)NCc2nc(N(C)C)nc(N3CCOCC3)n2)cn1C. The van der Waals surface area contributed by atoms with Crippen molar-refractivity contribution in [2.75, 3.05) is 50.2 Å². The maximum atomic E-state index is 12.7. The summed E-state index contributed by atoms with van der Waals surface area (Å²) in [4.78, 5) is 21.3. The molecule has 3 rings (SSSR count). The lowest BCUT2D eigenvalue weighted by atomic mass is 10.2. The average molecular weight is 425 g/mol. The van der Waals surface area contributed by atoms with Crippen molar-refractivity contribution in [2.24, 2.45) is 7.05 Å². The van der Waals surface area contributed by atoms with Crippen molar-refractivity contribution in [1.29, 1.82) is 0 Å². The Morgan fingerprint density at radius 2 is 1.86 bits per heavy atom. The van der Waals surface area contributed by atoms with Crippen LogP contribution in [0.5, 0.6) is 0 Å². The zero-order valence-corrected chi connectivity index (χ0v) is 18.3. The molecule has 12 heteroatoms. The molecule has 2 aromatic heterocycles. The maximum absolute atomic E-state index is 12.7. The predicted molar refractivity (Wildman–Crippen MR) is 109 cm³/mol. The standard InChI is InChI=1S/C17H28N8O3S/c1-12(2)15-21-14(11-24(15)5)29(26,27)18-10-13-19-16(23(3)4)22-17(20-13)25-6-8-28-9-7-25/h11-12,18H,6-10H2,1-5H3. The Labute approximate surface area is 171 Å². The van der Waals surface area contributed by atoms with Crippen molar-refractivity contribution in [3.63, 3.8) is 0 Å². The van der Waals surface area contributed by atoms with E-state index in [-0.39, 0.29) is 17.5 Å². The highest BCUT2D eigenvalue weighted by atomic mass is 32.2. The summed E-state index contributed by atoms with van der Waals surface area (Å²) in [6.45, 7) is 6.42. The van der Waals surface area contributed by atoms with Gasteiger partial charge in [-0.05, 0) is 0 Å². The third kappa shape index (κ3) is 5.00. The van der Waals surface area contributed by atoms with Gasteiger partial charge in [0.05, 0.1) is 19.8 Å².